The second kappa shape index (κ2) is 9.72. The second-order valence-electron chi connectivity index (χ2n) is 7.40. The minimum absolute atomic E-state index is 0.0554. The van der Waals surface area contributed by atoms with Crippen LogP contribution in [0.4, 0.5) is 5.88 Å². The number of para-hydroxylation sites is 1. The molecule has 0 saturated heterocycles. The summed E-state index contributed by atoms with van der Waals surface area (Å²) in [5.74, 6) is -2.36. The van der Waals surface area contributed by atoms with Crippen LogP contribution in [0.2, 0.25) is 0 Å². The average Bonchev–Trinajstić information content (AvgIpc) is 3.09. The Kier molecular flexibility index (Phi) is 7.01. The first-order valence-corrected chi connectivity index (χ1v) is 10.6. The molecule has 1 atom stereocenters. The van der Waals surface area contributed by atoms with Crippen molar-refractivity contribution >= 4 is 34.6 Å². The fourth-order valence-corrected chi connectivity index (χ4v) is 3.68. The van der Waals surface area contributed by atoms with Crippen LogP contribution in [0.25, 0.3) is 10.9 Å². The van der Waals surface area contributed by atoms with E-state index in [-0.39, 0.29) is 41.5 Å². The number of carbonyl (C=O) groups excluding carboxylic acids is 3. The molecule has 0 bridgehead atoms. The van der Waals surface area contributed by atoms with Crippen LogP contribution in [0.5, 0.6) is 0 Å². The second-order valence-corrected chi connectivity index (χ2v) is 7.40. The standard InChI is InChI=1S/C24H26N2O7/c1-6-31-23(29)19-15(5)33-22(20(19)24(30)32-7-2)25-21(28)14(4)26-17-11-9-8-10-16(17)13(3)12-18(26)27/h8-12,14H,6-7H2,1-5H3,(H,25,28). The predicted molar refractivity (Wildman–Crippen MR) is 122 cm³/mol. The number of aromatic nitrogens is 1. The van der Waals surface area contributed by atoms with Gasteiger partial charge in [-0.1, -0.05) is 18.2 Å². The third-order valence-corrected chi connectivity index (χ3v) is 5.21. The zero-order valence-electron chi connectivity index (χ0n) is 19.2. The van der Waals surface area contributed by atoms with E-state index in [1.165, 1.54) is 17.6 Å². The van der Waals surface area contributed by atoms with Crippen LogP contribution < -0.4 is 10.9 Å². The van der Waals surface area contributed by atoms with Crippen molar-refractivity contribution in [3.8, 4) is 0 Å². The molecule has 0 saturated carbocycles. The Morgan fingerprint density at radius 1 is 1.03 bits per heavy atom. The normalized spacial score (nSPS) is 11.8. The van der Waals surface area contributed by atoms with E-state index in [0.717, 1.165) is 10.9 Å². The highest BCUT2D eigenvalue weighted by Crippen LogP contribution is 2.30. The number of pyridine rings is 1. The number of nitrogens with one attached hydrogen (secondary N) is 1. The van der Waals surface area contributed by atoms with E-state index in [1.54, 1.807) is 32.9 Å². The SMILES string of the molecule is CCOC(=O)c1c(C)oc(NC(=O)C(C)n2c(=O)cc(C)c3ccccc32)c1C(=O)OCC. The molecule has 0 radical (unpaired) electrons. The van der Waals surface area contributed by atoms with Crippen molar-refractivity contribution in [3.05, 3.63) is 63.1 Å². The highest BCUT2D eigenvalue weighted by atomic mass is 16.5. The fraction of sp³-hybridized carbons (Fsp3) is 0.333. The van der Waals surface area contributed by atoms with Gasteiger partial charge < -0.3 is 13.9 Å². The van der Waals surface area contributed by atoms with Crippen LogP contribution in [0.3, 0.4) is 0 Å². The Hall–Kier alpha value is -3.88. The van der Waals surface area contributed by atoms with Crippen molar-refractivity contribution in [2.24, 2.45) is 0 Å². The van der Waals surface area contributed by atoms with Gasteiger partial charge in [-0.3, -0.25) is 19.5 Å². The van der Waals surface area contributed by atoms with Crippen LogP contribution in [0.1, 0.15) is 58.9 Å². The molecule has 9 heteroatoms. The first-order valence-electron chi connectivity index (χ1n) is 10.6. The van der Waals surface area contributed by atoms with Crippen LogP contribution in [-0.4, -0.2) is 35.6 Å². The Morgan fingerprint density at radius 3 is 2.27 bits per heavy atom. The molecule has 0 aliphatic rings. The molecule has 3 rings (SSSR count). The Morgan fingerprint density at radius 2 is 1.64 bits per heavy atom. The number of esters is 2. The van der Waals surface area contributed by atoms with Crippen molar-refractivity contribution in [3.63, 3.8) is 0 Å². The molecular weight excluding hydrogens is 428 g/mol. The summed E-state index contributed by atoms with van der Waals surface area (Å²) < 4.78 is 17.0. The van der Waals surface area contributed by atoms with Gasteiger partial charge in [0.25, 0.3) is 5.56 Å². The van der Waals surface area contributed by atoms with Gasteiger partial charge >= 0.3 is 11.9 Å². The summed E-state index contributed by atoms with van der Waals surface area (Å²) in [6.45, 7) is 8.26. The summed E-state index contributed by atoms with van der Waals surface area (Å²) in [6.07, 6.45) is 0. The van der Waals surface area contributed by atoms with E-state index in [1.807, 2.05) is 19.1 Å². The summed E-state index contributed by atoms with van der Waals surface area (Å²) in [5.41, 5.74) is 0.705. The molecule has 0 spiro atoms. The van der Waals surface area contributed by atoms with Crippen LogP contribution in [0.15, 0.2) is 39.5 Å². The molecule has 3 aromatic rings. The number of fused-ring (bicyclic) bond motifs is 1. The summed E-state index contributed by atoms with van der Waals surface area (Å²) >= 11 is 0. The predicted octanol–water partition coefficient (Wildman–Crippen LogP) is 3.76. The molecule has 1 unspecified atom stereocenters. The van der Waals surface area contributed by atoms with Gasteiger partial charge in [-0.25, -0.2) is 9.59 Å². The topological polar surface area (TPSA) is 117 Å². The average molecular weight is 454 g/mol. The van der Waals surface area contributed by atoms with E-state index in [9.17, 15) is 19.2 Å². The van der Waals surface area contributed by atoms with Crippen LogP contribution in [-0.2, 0) is 14.3 Å². The Labute approximate surface area is 190 Å². The number of anilines is 1. The number of ether oxygens (including phenoxy) is 2. The van der Waals surface area contributed by atoms with Gasteiger partial charge in [-0.05, 0) is 46.2 Å². The van der Waals surface area contributed by atoms with E-state index in [2.05, 4.69) is 5.32 Å². The third kappa shape index (κ3) is 4.52. The molecule has 174 valence electrons. The molecular formula is C24H26N2O7. The molecule has 0 aliphatic heterocycles. The molecule has 1 amide bonds. The van der Waals surface area contributed by atoms with Crippen molar-refractivity contribution in [2.75, 3.05) is 18.5 Å². The lowest BCUT2D eigenvalue weighted by Gasteiger charge is -2.18. The summed E-state index contributed by atoms with van der Waals surface area (Å²) in [5, 5.41) is 3.37. The van der Waals surface area contributed by atoms with E-state index in [4.69, 9.17) is 13.9 Å². The monoisotopic (exact) mass is 454 g/mol. The molecule has 2 aromatic heterocycles. The maximum atomic E-state index is 13.1. The van der Waals surface area contributed by atoms with Gasteiger partial charge in [0.05, 0.1) is 18.7 Å². The Balaban J connectivity index is 2.04. The third-order valence-electron chi connectivity index (χ3n) is 5.21. The van der Waals surface area contributed by atoms with Gasteiger partial charge in [0.1, 0.15) is 22.9 Å². The number of amides is 1. The summed E-state index contributed by atoms with van der Waals surface area (Å²) in [6, 6.07) is 7.77. The highest BCUT2D eigenvalue weighted by Gasteiger charge is 2.32. The van der Waals surface area contributed by atoms with Crippen molar-refractivity contribution < 1.29 is 28.3 Å². The maximum absolute atomic E-state index is 13.1. The molecule has 1 N–H and O–H groups in total. The quantitative estimate of drug-likeness (QED) is 0.540. The number of carbonyl (C=O) groups is 3. The van der Waals surface area contributed by atoms with Crippen molar-refractivity contribution in [2.45, 2.75) is 40.7 Å². The minimum Gasteiger partial charge on any atom is -0.462 e. The molecule has 0 aliphatic carbocycles. The number of aryl methyl sites for hydroxylation is 2. The van der Waals surface area contributed by atoms with Gasteiger partial charge in [0, 0.05) is 11.5 Å². The van der Waals surface area contributed by atoms with E-state index in [0.29, 0.717) is 5.52 Å². The lowest BCUT2D eigenvalue weighted by atomic mass is 10.1. The van der Waals surface area contributed by atoms with Crippen LogP contribution in [0, 0.1) is 13.8 Å². The molecule has 2 heterocycles. The molecule has 1 aromatic carbocycles. The minimum atomic E-state index is -0.950. The van der Waals surface area contributed by atoms with Gasteiger partial charge in [-0.2, -0.15) is 0 Å². The Bertz CT molecular complexity index is 1290. The van der Waals surface area contributed by atoms with E-state index < -0.39 is 23.9 Å². The van der Waals surface area contributed by atoms with Crippen molar-refractivity contribution in [1.82, 2.24) is 4.57 Å². The molecule has 0 fully saturated rings. The fourth-order valence-electron chi connectivity index (χ4n) is 3.68. The number of rotatable bonds is 7. The molecule has 9 nitrogen and oxygen atoms in total. The van der Waals surface area contributed by atoms with Crippen LogP contribution >= 0.6 is 0 Å². The summed E-state index contributed by atoms with van der Waals surface area (Å²) in [4.78, 5) is 50.9. The van der Waals surface area contributed by atoms with Gasteiger partial charge in [0.2, 0.25) is 11.8 Å². The van der Waals surface area contributed by atoms with Gasteiger partial charge in [-0.15, -0.1) is 0 Å². The highest BCUT2D eigenvalue weighted by molar-refractivity contribution is 6.09. The summed E-state index contributed by atoms with van der Waals surface area (Å²) in [7, 11) is 0. The number of hydrogen-bond donors (Lipinski definition) is 1. The molecule has 33 heavy (non-hydrogen) atoms. The number of benzene rings is 1. The number of furan rings is 1. The largest absolute Gasteiger partial charge is 0.462 e. The first-order chi connectivity index (χ1) is 15.7. The zero-order valence-corrected chi connectivity index (χ0v) is 19.2. The number of hydrogen-bond acceptors (Lipinski definition) is 7. The first kappa shape index (κ1) is 23.8. The van der Waals surface area contributed by atoms with Gasteiger partial charge in [0.15, 0.2) is 0 Å². The maximum Gasteiger partial charge on any atom is 0.344 e. The zero-order chi connectivity index (χ0) is 24.3. The number of nitrogens with zero attached hydrogens (tertiary/aromatic N) is 1. The smallest absolute Gasteiger partial charge is 0.344 e. The lowest BCUT2D eigenvalue weighted by Crippen LogP contribution is -2.32. The van der Waals surface area contributed by atoms with E-state index >= 15 is 0 Å². The lowest BCUT2D eigenvalue weighted by molar-refractivity contribution is -0.118. The van der Waals surface area contributed by atoms with Crippen molar-refractivity contribution in [1.29, 1.82) is 0 Å².